The number of halogens is 2. The van der Waals surface area contributed by atoms with Gasteiger partial charge in [0.2, 0.25) is 0 Å². The Bertz CT molecular complexity index is 1200. The third-order valence-corrected chi connectivity index (χ3v) is 5.26. The third-order valence-electron chi connectivity index (χ3n) is 5.26. The first-order chi connectivity index (χ1) is 16.1. The second kappa shape index (κ2) is 12.1. The predicted octanol–water partition coefficient (Wildman–Crippen LogP) is 4.45. The quantitative estimate of drug-likeness (QED) is 0.336. The van der Waals surface area contributed by atoms with E-state index in [1.165, 1.54) is 6.07 Å². The van der Waals surface area contributed by atoms with Crippen LogP contribution in [0.5, 0.6) is 11.5 Å². The Morgan fingerprint density at radius 3 is 2.56 bits per heavy atom. The van der Waals surface area contributed by atoms with Crippen molar-refractivity contribution in [2.24, 2.45) is 0 Å². The van der Waals surface area contributed by atoms with E-state index in [0.717, 1.165) is 16.8 Å². The highest BCUT2D eigenvalue weighted by molar-refractivity contribution is 5.85. The van der Waals surface area contributed by atoms with E-state index in [2.05, 4.69) is 20.8 Å². The van der Waals surface area contributed by atoms with Crippen LogP contribution in [0.4, 0.5) is 4.39 Å². The molecule has 0 amide bonds. The second-order valence-electron chi connectivity index (χ2n) is 7.63. The molecular formula is C25H27ClFN5O2. The van der Waals surface area contributed by atoms with E-state index in [0.29, 0.717) is 42.4 Å². The van der Waals surface area contributed by atoms with Gasteiger partial charge in [0.25, 0.3) is 0 Å². The number of rotatable bonds is 10. The number of aromatic nitrogens is 4. The van der Waals surface area contributed by atoms with Crippen LogP contribution in [0.1, 0.15) is 22.5 Å². The van der Waals surface area contributed by atoms with Gasteiger partial charge < -0.3 is 14.8 Å². The molecular weight excluding hydrogens is 457 g/mol. The molecule has 0 aliphatic heterocycles. The van der Waals surface area contributed by atoms with Crippen molar-refractivity contribution in [1.29, 1.82) is 0 Å². The Labute approximate surface area is 204 Å². The van der Waals surface area contributed by atoms with Crippen molar-refractivity contribution in [1.82, 2.24) is 25.5 Å². The summed E-state index contributed by atoms with van der Waals surface area (Å²) >= 11 is 0. The number of nitrogens with zero attached hydrogens (tertiary/aromatic N) is 4. The summed E-state index contributed by atoms with van der Waals surface area (Å²) < 4.78 is 26.8. The van der Waals surface area contributed by atoms with Crippen LogP contribution in [-0.4, -0.2) is 33.9 Å². The zero-order valence-electron chi connectivity index (χ0n) is 19.1. The summed E-state index contributed by atoms with van der Waals surface area (Å²) in [4.78, 5) is 0. The van der Waals surface area contributed by atoms with Crippen molar-refractivity contribution in [3.63, 3.8) is 0 Å². The minimum atomic E-state index is -0.170. The summed E-state index contributed by atoms with van der Waals surface area (Å²) in [7, 11) is 1.61. The van der Waals surface area contributed by atoms with Gasteiger partial charge in [-0.25, -0.2) is 4.39 Å². The Hall–Kier alpha value is -3.49. The molecule has 0 spiro atoms. The van der Waals surface area contributed by atoms with E-state index < -0.39 is 0 Å². The summed E-state index contributed by atoms with van der Waals surface area (Å²) in [6, 6.07) is 20.5. The maximum atomic E-state index is 13.7. The summed E-state index contributed by atoms with van der Waals surface area (Å²) in [6.45, 7) is 3.53. The van der Waals surface area contributed by atoms with Gasteiger partial charge in [0, 0.05) is 6.54 Å². The largest absolute Gasteiger partial charge is 0.493 e. The molecule has 0 saturated carbocycles. The van der Waals surface area contributed by atoms with E-state index in [4.69, 9.17) is 9.47 Å². The van der Waals surface area contributed by atoms with Crippen LogP contribution in [0.3, 0.4) is 0 Å². The van der Waals surface area contributed by atoms with Crippen LogP contribution >= 0.6 is 12.4 Å². The van der Waals surface area contributed by atoms with Crippen molar-refractivity contribution in [2.45, 2.75) is 26.5 Å². The van der Waals surface area contributed by atoms with Crippen molar-refractivity contribution in [2.75, 3.05) is 13.7 Å². The molecule has 0 saturated heterocycles. The Kier molecular flexibility index (Phi) is 8.95. The second-order valence-corrected chi connectivity index (χ2v) is 7.63. The standard InChI is InChI=1S/C25H26FN5O2.ClH/c1-18-7-10-21(11-8-18)31-25(28-29-30-31)17-33-23-12-9-19(15-24(23)32-2)16-27-14-13-20-5-3-4-6-22(20)26;/h3-12,15,27H,13-14,16-17H2,1-2H3;1H. The van der Waals surface area contributed by atoms with Gasteiger partial charge in [-0.05, 0) is 71.8 Å². The summed E-state index contributed by atoms with van der Waals surface area (Å²) in [6.07, 6.45) is 0.626. The molecule has 4 aromatic rings. The number of nitrogens with one attached hydrogen (secondary N) is 1. The number of ether oxygens (including phenoxy) is 2. The number of benzene rings is 3. The van der Waals surface area contributed by atoms with E-state index in [9.17, 15) is 4.39 Å². The van der Waals surface area contributed by atoms with Crippen LogP contribution in [0, 0.1) is 12.7 Å². The molecule has 178 valence electrons. The Morgan fingerprint density at radius 1 is 1.00 bits per heavy atom. The molecule has 0 bridgehead atoms. The lowest BCUT2D eigenvalue weighted by atomic mass is 10.1. The number of tetrazole rings is 1. The Morgan fingerprint density at radius 2 is 1.79 bits per heavy atom. The molecule has 3 aromatic carbocycles. The third kappa shape index (κ3) is 6.30. The van der Waals surface area contributed by atoms with E-state index in [-0.39, 0.29) is 24.8 Å². The first-order valence-corrected chi connectivity index (χ1v) is 10.7. The topological polar surface area (TPSA) is 74.1 Å². The van der Waals surface area contributed by atoms with E-state index in [1.54, 1.807) is 23.9 Å². The maximum absolute atomic E-state index is 13.7. The van der Waals surface area contributed by atoms with Gasteiger partial charge in [0.15, 0.2) is 23.9 Å². The molecule has 0 aliphatic rings. The van der Waals surface area contributed by atoms with Gasteiger partial charge >= 0.3 is 0 Å². The molecule has 9 heteroatoms. The zero-order chi connectivity index (χ0) is 23.0. The zero-order valence-corrected chi connectivity index (χ0v) is 19.9. The summed E-state index contributed by atoms with van der Waals surface area (Å²) in [5.74, 6) is 1.64. The van der Waals surface area contributed by atoms with Gasteiger partial charge in [-0.2, -0.15) is 4.68 Å². The number of hydrogen-bond donors (Lipinski definition) is 1. The molecule has 0 aliphatic carbocycles. The van der Waals surface area contributed by atoms with Crippen molar-refractivity contribution < 1.29 is 13.9 Å². The average Bonchev–Trinajstić information content (AvgIpc) is 3.31. The number of hydrogen-bond acceptors (Lipinski definition) is 6. The molecule has 1 heterocycles. The normalized spacial score (nSPS) is 10.6. The first-order valence-electron chi connectivity index (χ1n) is 10.7. The highest BCUT2D eigenvalue weighted by Crippen LogP contribution is 2.29. The monoisotopic (exact) mass is 483 g/mol. The smallest absolute Gasteiger partial charge is 0.194 e. The van der Waals surface area contributed by atoms with Gasteiger partial charge in [0.1, 0.15) is 5.82 Å². The van der Waals surface area contributed by atoms with Crippen LogP contribution in [0.15, 0.2) is 66.7 Å². The number of methoxy groups -OCH3 is 1. The fourth-order valence-electron chi connectivity index (χ4n) is 3.42. The molecule has 1 aromatic heterocycles. The van der Waals surface area contributed by atoms with Crippen LogP contribution < -0.4 is 14.8 Å². The lowest BCUT2D eigenvalue weighted by Gasteiger charge is -2.13. The van der Waals surface area contributed by atoms with Crippen molar-refractivity contribution in [3.05, 3.63) is 95.1 Å². The van der Waals surface area contributed by atoms with Crippen molar-refractivity contribution >= 4 is 12.4 Å². The number of aryl methyl sites for hydroxylation is 1. The molecule has 1 N–H and O–H groups in total. The SMILES string of the molecule is COc1cc(CNCCc2ccccc2F)ccc1OCc1nnnn1-c1ccc(C)cc1.Cl. The minimum Gasteiger partial charge on any atom is -0.493 e. The van der Waals surface area contributed by atoms with Gasteiger partial charge in [-0.1, -0.05) is 42.0 Å². The molecule has 34 heavy (non-hydrogen) atoms. The molecule has 0 unspecified atom stereocenters. The van der Waals surface area contributed by atoms with Crippen LogP contribution in [0.25, 0.3) is 5.69 Å². The lowest BCUT2D eigenvalue weighted by molar-refractivity contribution is 0.273. The predicted molar refractivity (Wildman–Crippen MR) is 130 cm³/mol. The van der Waals surface area contributed by atoms with E-state index >= 15 is 0 Å². The molecule has 0 radical (unpaired) electrons. The van der Waals surface area contributed by atoms with Crippen molar-refractivity contribution in [3.8, 4) is 17.2 Å². The summed E-state index contributed by atoms with van der Waals surface area (Å²) in [5.41, 5.74) is 3.78. The molecule has 0 atom stereocenters. The fraction of sp³-hybridized carbons (Fsp3) is 0.240. The van der Waals surface area contributed by atoms with Crippen LogP contribution in [-0.2, 0) is 19.6 Å². The highest BCUT2D eigenvalue weighted by Gasteiger charge is 2.12. The molecule has 7 nitrogen and oxygen atoms in total. The highest BCUT2D eigenvalue weighted by atomic mass is 35.5. The minimum absolute atomic E-state index is 0. The van der Waals surface area contributed by atoms with Gasteiger partial charge in [0.05, 0.1) is 12.8 Å². The van der Waals surface area contributed by atoms with Gasteiger partial charge in [-0.15, -0.1) is 17.5 Å². The first kappa shape index (κ1) is 25.1. The van der Waals surface area contributed by atoms with Gasteiger partial charge in [-0.3, -0.25) is 0 Å². The fourth-order valence-corrected chi connectivity index (χ4v) is 3.42. The summed E-state index contributed by atoms with van der Waals surface area (Å²) in [5, 5.41) is 15.3. The molecule has 4 rings (SSSR count). The Balaban J connectivity index is 0.00000324. The van der Waals surface area contributed by atoms with Crippen LogP contribution in [0.2, 0.25) is 0 Å². The maximum Gasteiger partial charge on any atom is 0.194 e. The lowest BCUT2D eigenvalue weighted by Crippen LogP contribution is -2.17. The van der Waals surface area contributed by atoms with E-state index in [1.807, 2.05) is 55.5 Å². The molecule has 0 fully saturated rings. The average molecular weight is 484 g/mol.